The maximum Gasteiger partial charge on any atom is 0.405 e. The molecule has 7 heteroatoms. The molecule has 90 valence electrons. The lowest BCUT2D eigenvalue weighted by Gasteiger charge is -2.22. The van der Waals surface area contributed by atoms with E-state index in [9.17, 15) is 14.4 Å². The van der Waals surface area contributed by atoms with Crippen LogP contribution in [-0.4, -0.2) is 52.2 Å². The maximum absolute atomic E-state index is 11.8. The SMILES string of the molecule is O=C(O)CN1CCCCC(NC(=O)O)C1=O. The van der Waals surface area contributed by atoms with E-state index in [2.05, 4.69) is 5.32 Å². The van der Waals surface area contributed by atoms with Crippen molar-refractivity contribution >= 4 is 18.0 Å². The lowest BCUT2D eigenvalue weighted by Crippen LogP contribution is -2.48. The van der Waals surface area contributed by atoms with Crippen molar-refractivity contribution in [1.29, 1.82) is 0 Å². The summed E-state index contributed by atoms with van der Waals surface area (Å²) in [7, 11) is 0. The van der Waals surface area contributed by atoms with Gasteiger partial charge in [0.25, 0.3) is 0 Å². The fourth-order valence-electron chi connectivity index (χ4n) is 1.71. The maximum atomic E-state index is 11.8. The molecule has 0 aliphatic carbocycles. The largest absolute Gasteiger partial charge is 0.480 e. The molecule has 1 unspecified atom stereocenters. The van der Waals surface area contributed by atoms with Gasteiger partial charge in [-0.05, 0) is 19.3 Å². The second-order valence-corrected chi connectivity index (χ2v) is 3.65. The number of carboxylic acid groups (broad SMARTS) is 2. The van der Waals surface area contributed by atoms with E-state index in [1.54, 1.807) is 0 Å². The van der Waals surface area contributed by atoms with Gasteiger partial charge in [0.1, 0.15) is 12.6 Å². The number of aliphatic carboxylic acids is 1. The first-order valence-electron chi connectivity index (χ1n) is 5.00. The Labute approximate surface area is 92.0 Å². The van der Waals surface area contributed by atoms with Gasteiger partial charge in [0.15, 0.2) is 0 Å². The molecule has 7 nitrogen and oxygen atoms in total. The van der Waals surface area contributed by atoms with E-state index >= 15 is 0 Å². The number of carbonyl (C=O) groups excluding carboxylic acids is 1. The topological polar surface area (TPSA) is 107 Å². The zero-order valence-corrected chi connectivity index (χ0v) is 8.68. The summed E-state index contributed by atoms with van der Waals surface area (Å²) in [6.45, 7) is -0.0143. The van der Waals surface area contributed by atoms with Crippen molar-refractivity contribution in [2.24, 2.45) is 0 Å². The number of likely N-dealkylation sites (tertiary alicyclic amines) is 1. The molecular formula is C9H14N2O5. The molecule has 16 heavy (non-hydrogen) atoms. The van der Waals surface area contributed by atoms with Crippen molar-refractivity contribution in [1.82, 2.24) is 10.2 Å². The highest BCUT2D eigenvalue weighted by Gasteiger charge is 2.29. The van der Waals surface area contributed by atoms with Gasteiger partial charge in [0.2, 0.25) is 5.91 Å². The predicted molar refractivity (Wildman–Crippen MR) is 53.0 cm³/mol. The van der Waals surface area contributed by atoms with Crippen LogP contribution < -0.4 is 5.32 Å². The molecule has 1 heterocycles. The fraction of sp³-hybridized carbons (Fsp3) is 0.667. The van der Waals surface area contributed by atoms with Crippen molar-refractivity contribution in [2.45, 2.75) is 25.3 Å². The molecule has 0 aromatic rings. The molecule has 1 rings (SSSR count). The van der Waals surface area contributed by atoms with Gasteiger partial charge in [0.05, 0.1) is 0 Å². The Morgan fingerprint density at radius 1 is 1.38 bits per heavy atom. The number of nitrogens with one attached hydrogen (secondary N) is 1. The Bertz CT molecular complexity index is 276. The van der Waals surface area contributed by atoms with Gasteiger partial charge in [-0.2, -0.15) is 0 Å². The fourth-order valence-corrected chi connectivity index (χ4v) is 1.71. The number of amides is 2. The second-order valence-electron chi connectivity index (χ2n) is 3.65. The molecule has 0 aromatic heterocycles. The van der Waals surface area contributed by atoms with Crippen LogP contribution in [0.5, 0.6) is 0 Å². The van der Waals surface area contributed by atoms with Crippen molar-refractivity contribution in [3.05, 3.63) is 0 Å². The summed E-state index contributed by atoms with van der Waals surface area (Å²) in [6, 6.07) is -0.820. The minimum Gasteiger partial charge on any atom is -0.480 e. The number of rotatable bonds is 3. The highest BCUT2D eigenvalue weighted by molar-refractivity contribution is 5.88. The number of nitrogens with zero attached hydrogens (tertiary/aromatic N) is 1. The molecule has 1 fully saturated rings. The predicted octanol–water partition coefficient (Wildman–Crippen LogP) is -0.280. The molecule has 0 radical (unpaired) electrons. The van der Waals surface area contributed by atoms with Gasteiger partial charge in [-0.15, -0.1) is 0 Å². The monoisotopic (exact) mass is 230 g/mol. The zero-order valence-electron chi connectivity index (χ0n) is 8.68. The van der Waals surface area contributed by atoms with E-state index in [-0.39, 0.29) is 6.54 Å². The van der Waals surface area contributed by atoms with Gasteiger partial charge in [-0.3, -0.25) is 9.59 Å². The lowest BCUT2D eigenvalue weighted by molar-refractivity contribution is -0.144. The summed E-state index contributed by atoms with van der Waals surface area (Å²) in [5.74, 6) is -1.55. The summed E-state index contributed by atoms with van der Waals surface area (Å²) >= 11 is 0. The highest BCUT2D eigenvalue weighted by atomic mass is 16.4. The molecule has 1 atom stereocenters. The van der Waals surface area contributed by atoms with E-state index < -0.39 is 24.0 Å². The quantitative estimate of drug-likeness (QED) is 0.618. The molecule has 0 bridgehead atoms. The highest BCUT2D eigenvalue weighted by Crippen LogP contribution is 2.11. The third-order valence-corrected chi connectivity index (χ3v) is 2.40. The van der Waals surface area contributed by atoms with Gasteiger partial charge in [-0.25, -0.2) is 4.79 Å². The Kier molecular flexibility index (Phi) is 4.10. The normalized spacial score (nSPS) is 21.4. The smallest absolute Gasteiger partial charge is 0.405 e. The van der Waals surface area contributed by atoms with Gasteiger partial charge in [0, 0.05) is 6.54 Å². The Morgan fingerprint density at radius 2 is 2.06 bits per heavy atom. The minimum atomic E-state index is -1.27. The Hall–Kier alpha value is -1.79. The average molecular weight is 230 g/mol. The van der Waals surface area contributed by atoms with Gasteiger partial charge in [-0.1, -0.05) is 0 Å². The zero-order chi connectivity index (χ0) is 12.1. The van der Waals surface area contributed by atoms with Crippen LogP contribution in [0.15, 0.2) is 0 Å². The van der Waals surface area contributed by atoms with Crippen LogP contribution in [0.1, 0.15) is 19.3 Å². The molecule has 0 aromatic carbocycles. The van der Waals surface area contributed by atoms with E-state index in [0.717, 1.165) is 0 Å². The summed E-state index contributed by atoms with van der Waals surface area (Å²) < 4.78 is 0. The standard InChI is InChI=1S/C9H14N2O5/c12-7(13)5-11-4-2-1-3-6(8(11)14)10-9(15)16/h6,10H,1-5H2,(H,12,13)(H,15,16). The number of hydrogen-bond acceptors (Lipinski definition) is 3. The first-order valence-corrected chi connectivity index (χ1v) is 5.00. The van der Waals surface area contributed by atoms with Crippen molar-refractivity contribution < 1.29 is 24.6 Å². The van der Waals surface area contributed by atoms with Crippen LogP contribution >= 0.6 is 0 Å². The summed E-state index contributed by atoms with van der Waals surface area (Å²) in [5.41, 5.74) is 0. The Balaban J connectivity index is 2.67. The van der Waals surface area contributed by atoms with Crippen LogP contribution in [0.4, 0.5) is 4.79 Å². The molecule has 0 spiro atoms. The lowest BCUT2D eigenvalue weighted by atomic mass is 10.1. The van der Waals surface area contributed by atoms with Crippen LogP contribution in [0, 0.1) is 0 Å². The van der Waals surface area contributed by atoms with Crippen molar-refractivity contribution in [3.63, 3.8) is 0 Å². The number of carbonyl (C=O) groups is 3. The third kappa shape index (κ3) is 3.41. The first-order chi connectivity index (χ1) is 7.50. The van der Waals surface area contributed by atoms with Gasteiger partial charge >= 0.3 is 12.1 Å². The number of hydrogen-bond donors (Lipinski definition) is 3. The molecular weight excluding hydrogens is 216 g/mol. The van der Waals surface area contributed by atoms with Crippen LogP contribution in [0.3, 0.4) is 0 Å². The van der Waals surface area contributed by atoms with Crippen LogP contribution in [0.25, 0.3) is 0 Å². The van der Waals surface area contributed by atoms with Crippen molar-refractivity contribution in [2.75, 3.05) is 13.1 Å². The van der Waals surface area contributed by atoms with Gasteiger partial charge < -0.3 is 20.4 Å². The molecule has 0 saturated carbocycles. The average Bonchev–Trinajstić information content (AvgIpc) is 2.31. The first kappa shape index (κ1) is 12.3. The molecule has 3 N–H and O–H groups in total. The van der Waals surface area contributed by atoms with E-state index in [1.807, 2.05) is 0 Å². The molecule has 1 aliphatic rings. The van der Waals surface area contributed by atoms with E-state index in [1.165, 1.54) is 4.90 Å². The van der Waals surface area contributed by atoms with Crippen LogP contribution in [-0.2, 0) is 9.59 Å². The summed E-state index contributed by atoms with van der Waals surface area (Å²) in [5, 5.41) is 19.3. The van der Waals surface area contributed by atoms with E-state index in [4.69, 9.17) is 10.2 Å². The number of carboxylic acids is 1. The van der Waals surface area contributed by atoms with Crippen molar-refractivity contribution in [3.8, 4) is 0 Å². The van der Waals surface area contributed by atoms with E-state index in [0.29, 0.717) is 25.8 Å². The molecule has 1 aliphatic heterocycles. The van der Waals surface area contributed by atoms with Crippen LogP contribution in [0.2, 0.25) is 0 Å². The summed E-state index contributed by atoms with van der Waals surface area (Å²) in [4.78, 5) is 33.9. The Morgan fingerprint density at radius 3 is 2.62 bits per heavy atom. The molecule has 2 amide bonds. The second kappa shape index (κ2) is 5.34. The third-order valence-electron chi connectivity index (χ3n) is 2.40. The minimum absolute atomic E-state index is 0.364. The summed E-state index contributed by atoms with van der Waals surface area (Å²) in [6.07, 6.45) is 0.542. The molecule has 1 saturated heterocycles.